The number of rotatable bonds is 1. The van der Waals surface area contributed by atoms with Gasteiger partial charge in [-0.05, 0) is 74.1 Å². The largest absolute Gasteiger partial charge is 0.399 e. The van der Waals surface area contributed by atoms with Crippen LogP contribution in [0.2, 0.25) is 0 Å². The number of hydrogen-bond donors (Lipinski definition) is 4. The first-order chi connectivity index (χ1) is 14.9. The van der Waals surface area contributed by atoms with Crippen LogP contribution >= 0.6 is 0 Å². The molecule has 4 heteroatoms. The summed E-state index contributed by atoms with van der Waals surface area (Å²) < 4.78 is 0. The van der Waals surface area contributed by atoms with Crippen LogP contribution in [0.1, 0.15) is 38.3 Å². The third-order valence-electron chi connectivity index (χ3n) is 5.83. The Hall–Kier alpha value is -2.92. The Balaban J connectivity index is 0.000000181. The lowest BCUT2D eigenvalue weighted by Gasteiger charge is -2.23. The van der Waals surface area contributed by atoms with Crippen molar-refractivity contribution in [2.75, 3.05) is 5.73 Å². The standard InChI is InChI=1S/2C14H18N2/c1-13(15)7-3-11(4-8-13)12-5-9-14(2,16)10-6-12;1-10-9-12(3-4-13(10)15)11-5-7-14(2,16)8-6-11/h3-10H,15-16H2,1-2H3;3-7,9H,8,15-16H2,1-2H3. The minimum Gasteiger partial charge on any atom is -0.399 e. The molecule has 0 aliphatic heterocycles. The van der Waals surface area contributed by atoms with Crippen LogP contribution in [-0.4, -0.2) is 16.6 Å². The Morgan fingerprint density at radius 2 is 1.22 bits per heavy atom. The van der Waals surface area contributed by atoms with Crippen molar-refractivity contribution in [1.29, 1.82) is 0 Å². The average molecular weight is 429 g/mol. The molecule has 0 spiro atoms. The van der Waals surface area contributed by atoms with Gasteiger partial charge in [0.1, 0.15) is 0 Å². The lowest BCUT2D eigenvalue weighted by atomic mass is 9.89. The highest BCUT2D eigenvalue weighted by molar-refractivity contribution is 5.77. The van der Waals surface area contributed by atoms with Crippen molar-refractivity contribution in [1.82, 2.24) is 0 Å². The van der Waals surface area contributed by atoms with E-state index in [1.54, 1.807) is 0 Å². The van der Waals surface area contributed by atoms with E-state index in [0.29, 0.717) is 0 Å². The van der Waals surface area contributed by atoms with E-state index in [4.69, 9.17) is 22.9 Å². The Morgan fingerprint density at radius 3 is 1.62 bits per heavy atom. The number of anilines is 1. The molecule has 0 amide bonds. The summed E-state index contributed by atoms with van der Waals surface area (Å²) in [6, 6.07) is 6.12. The van der Waals surface area contributed by atoms with Gasteiger partial charge in [-0.2, -0.15) is 0 Å². The van der Waals surface area contributed by atoms with E-state index in [1.165, 1.54) is 22.3 Å². The van der Waals surface area contributed by atoms with Gasteiger partial charge in [-0.3, -0.25) is 0 Å². The second-order valence-electron chi connectivity index (χ2n) is 9.75. The number of aryl methyl sites for hydroxylation is 1. The predicted molar refractivity (Wildman–Crippen MR) is 139 cm³/mol. The molecule has 3 aliphatic carbocycles. The van der Waals surface area contributed by atoms with Crippen molar-refractivity contribution in [2.45, 2.75) is 50.7 Å². The molecule has 168 valence electrons. The lowest BCUT2D eigenvalue weighted by molar-refractivity contribution is 0.591. The summed E-state index contributed by atoms with van der Waals surface area (Å²) >= 11 is 0. The van der Waals surface area contributed by atoms with E-state index in [2.05, 4.69) is 54.7 Å². The molecule has 4 nitrogen and oxygen atoms in total. The summed E-state index contributed by atoms with van der Waals surface area (Å²) in [6.45, 7) is 8.01. The van der Waals surface area contributed by atoms with Gasteiger partial charge in [-0.15, -0.1) is 0 Å². The van der Waals surface area contributed by atoms with Crippen LogP contribution in [0, 0.1) is 6.92 Å². The highest BCUT2D eigenvalue weighted by atomic mass is 14.7. The molecule has 0 saturated heterocycles. The van der Waals surface area contributed by atoms with Crippen LogP contribution in [0.25, 0.3) is 5.57 Å². The lowest BCUT2D eigenvalue weighted by Crippen LogP contribution is -2.33. The first kappa shape index (κ1) is 23.7. The Morgan fingerprint density at radius 1 is 0.719 bits per heavy atom. The Labute approximate surface area is 192 Å². The highest BCUT2D eigenvalue weighted by Crippen LogP contribution is 2.27. The fraction of sp³-hybridized carbons (Fsp3) is 0.286. The molecule has 3 aliphatic rings. The molecule has 0 heterocycles. The van der Waals surface area contributed by atoms with Crippen molar-refractivity contribution in [2.24, 2.45) is 17.2 Å². The third-order valence-corrected chi connectivity index (χ3v) is 5.83. The number of nitrogens with two attached hydrogens (primary N) is 4. The highest BCUT2D eigenvalue weighted by Gasteiger charge is 2.18. The van der Waals surface area contributed by atoms with Gasteiger partial charge >= 0.3 is 0 Å². The first-order valence-electron chi connectivity index (χ1n) is 11.0. The van der Waals surface area contributed by atoms with Crippen molar-refractivity contribution >= 4 is 11.3 Å². The first-order valence-corrected chi connectivity index (χ1v) is 11.0. The second kappa shape index (κ2) is 8.91. The van der Waals surface area contributed by atoms with Gasteiger partial charge in [-0.1, -0.05) is 72.9 Å². The fourth-order valence-corrected chi connectivity index (χ4v) is 3.50. The maximum Gasteiger partial charge on any atom is 0.0502 e. The third kappa shape index (κ3) is 6.30. The van der Waals surface area contributed by atoms with E-state index >= 15 is 0 Å². The number of allylic oxidation sites excluding steroid dienone is 8. The average Bonchev–Trinajstić information content (AvgIpc) is 2.71. The quantitative estimate of drug-likeness (QED) is 0.490. The molecule has 4 rings (SSSR count). The van der Waals surface area contributed by atoms with E-state index in [0.717, 1.165) is 17.7 Å². The van der Waals surface area contributed by atoms with Crippen molar-refractivity contribution in [3.63, 3.8) is 0 Å². The zero-order valence-electron chi connectivity index (χ0n) is 19.6. The molecule has 1 atom stereocenters. The van der Waals surface area contributed by atoms with Crippen LogP contribution in [0.15, 0.2) is 96.2 Å². The smallest absolute Gasteiger partial charge is 0.0502 e. The molecule has 1 aromatic rings. The number of benzene rings is 1. The van der Waals surface area contributed by atoms with Crippen LogP contribution < -0.4 is 22.9 Å². The van der Waals surface area contributed by atoms with Crippen molar-refractivity contribution in [3.05, 3.63) is 107 Å². The predicted octanol–water partition coefficient (Wildman–Crippen LogP) is 4.61. The SMILES string of the molecule is CC1(N)C=CC(=C2C=CC(C)(N)C=C2)C=C1.Cc1cc(C2=CCC(C)(N)C=C2)ccc1N. The normalized spacial score (nSPS) is 30.8. The van der Waals surface area contributed by atoms with Crippen LogP contribution in [-0.2, 0) is 0 Å². The Bertz CT molecular complexity index is 1010. The minimum atomic E-state index is -0.325. The van der Waals surface area contributed by atoms with E-state index in [-0.39, 0.29) is 16.6 Å². The molecule has 0 fully saturated rings. The monoisotopic (exact) mass is 428 g/mol. The van der Waals surface area contributed by atoms with E-state index in [9.17, 15) is 0 Å². The van der Waals surface area contributed by atoms with Crippen molar-refractivity contribution in [3.8, 4) is 0 Å². The summed E-state index contributed by atoms with van der Waals surface area (Å²) in [4.78, 5) is 0. The molecule has 0 bridgehead atoms. The summed E-state index contributed by atoms with van der Waals surface area (Å²) in [5, 5.41) is 0. The molecule has 8 N–H and O–H groups in total. The van der Waals surface area contributed by atoms with Gasteiger partial charge in [0.2, 0.25) is 0 Å². The molecule has 1 aromatic carbocycles. The Kier molecular flexibility index (Phi) is 6.61. The maximum absolute atomic E-state index is 6.02. The van der Waals surface area contributed by atoms with Crippen LogP contribution in [0.3, 0.4) is 0 Å². The zero-order valence-corrected chi connectivity index (χ0v) is 19.6. The summed E-state index contributed by atoms with van der Waals surface area (Å²) in [6.07, 6.45) is 23.5. The molecular formula is C28H36N4. The van der Waals surface area contributed by atoms with Crippen LogP contribution in [0.4, 0.5) is 5.69 Å². The molecule has 0 saturated carbocycles. The molecule has 1 unspecified atom stereocenters. The molecular weight excluding hydrogens is 392 g/mol. The molecule has 32 heavy (non-hydrogen) atoms. The fourth-order valence-electron chi connectivity index (χ4n) is 3.50. The molecule has 0 radical (unpaired) electrons. The van der Waals surface area contributed by atoms with Crippen LogP contribution in [0.5, 0.6) is 0 Å². The van der Waals surface area contributed by atoms with Gasteiger partial charge in [0, 0.05) is 11.2 Å². The summed E-state index contributed by atoms with van der Waals surface area (Å²) in [5.41, 5.74) is 29.6. The van der Waals surface area contributed by atoms with Gasteiger partial charge in [0.05, 0.1) is 11.1 Å². The number of hydrogen-bond acceptors (Lipinski definition) is 4. The topological polar surface area (TPSA) is 104 Å². The van der Waals surface area contributed by atoms with Gasteiger partial charge in [0.15, 0.2) is 0 Å². The van der Waals surface area contributed by atoms with E-state index < -0.39 is 0 Å². The van der Waals surface area contributed by atoms with Crippen molar-refractivity contribution < 1.29 is 0 Å². The van der Waals surface area contributed by atoms with Gasteiger partial charge in [0.25, 0.3) is 0 Å². The van der Waals surface area contributed by atoms with Gasteiger partial charge < -0.3 is 22.9 Å². The second-order valence-corrected chi connectivity index (χ2v) is 9.75. The minimum absolute atomic E-state index is 0.202. The maximum atomic E-state index is 6.02. The summed E-state index contributed by atoms with van der Waals surface area (Å²) in [5.74, 6) is 0. The van der Waals surface area contributed by atoms with Gasteiger partial charge in [-0.25, -0.2) is 0 Å². The molecule has 0 aromatic heterocycles. The number of nitrogen functional groups attached to an aromatic ring is 1. The van der Waals surface area contributed by atoms with E-state index in [1.807, 2.05) is 58.1 Å². The summed E-state index contributed by atoms with van der Waals surface area (Å²) in [7, 11) is 0. The zero-order chi connectivity index (χ0) is 23.6.